The van der Waals surface area contributed by atoms with Crippen molar-refractivity contribution >= 4 is 46.5 Å². The molecule has 1 unspecified atom stereocenters. The molecule has 9 heteroatoms. The van der Waals surface area contributed by atoms with Crippen molar-refractivity contribution in [1.29, 1.82) is 0 Å². The molecule has 0 saturated carbocycles. The quantitative estimate of drug-likeness (QED) is 0.550. The van der Waals surface area contributed by atoms with Crippen LogP contribution in [0.3, 0.4) is 0 Å². The number of nitrogens with zero attached hydrogens (tertiary/aromatic N) is 2. The fourth-order valence-corrected chi connectivity index (χ4v) is 4.42. The standard InChI is InChI=1S/C22H21Cl3FN3O2/c1-3-27-20(30)29-11-22(26,12-29)14-6-4-13(5-7-14)18-10-21(2,31-28-18)15-8-16(23)19(25)17(24)9-15/h4-9H,3,10-12H2,1-2H3,(H,27,30). The third-order valence-electron chi connectivity index (χ3n) is 5.69. The monoisotopic (exact) mass is 483 g/mol. The second-order valence-electron chi connectivity index (χ2n) is 8.02. The predicted molar refractivity (Wildman–Crippen MR) is 121 cm³/mol. The summed E-state index contributed by atoms with van der Waals surface area (Å²) in [6.07, 6.45) is 0.492. The molecule has 0 spiro atoms. The number of nitrogens with one attached hydrogen (secondary N) is 1. The van der Waals surface area contributed by atoms with Gasteiger partial charge in [0.2, 0.25) is 0 Å². The maximum Gasteiger partial charge on any atom is 0.317 e. The molecule has 0 aromatic heterocycles. The van der Waals surface area contributed by atoms with Crippen LogP contribution >= 0.6 is 34.8 Å². The van der Waals surface area contributed by atoms with Crippen molar-refractivity contribution in [2.45, 2.75) is 31.5 Å². The number of likely N-dealkylation sites (tertiary alicyclic amines) is 1. The highest BCUT2D eigenvalue weighted by atomic mass is 35.5. The highest BCUT2D eigenvalue weighted by molar-refractivity contribution is 6.48. The molecule has 4 rings (SSSR count). The van der Waals surface area contributed by atoms with Crippen molar-refractivity contribution in [3.8, 4) is 0 Å². The fourth-order valence-electron chi connectivity index (χ4n) is 3.82. The lowest BCUT2D eigenvalue weighted by molar-refractivity contribution is -0.00900. The first-order valence-corrected chi connectivity index (χ1v) is 11.0. The molecule has 0 aliphatic carbocycles. The van der Waals surface area contributed by atoms with E-state index in [-0.39, 0.29) is 19.1 Å². The number of halogens is 4. The summed E-state index contributed by atoms with van der Waals surface area (Å²) in [6.45, 7) is 4.32. The average molecular weight is 485 g/mol. The Labute approximate surface area is 195 Å². The lowest BCUT2D eigenvalue weighted by Gasteiger charge is -2.44. The maximum absolute atomic E-state index is 15.1. The van der Waals surface area contributed by atoms with Gasteiger partial charge in [0, 0.05) is 18.5 Å². The van der Waals surface area contributed by atoms with Gasteiger partial charge in [-0.2, -0.15) is 0 Å². The summed E-state index contributed by atoms with van der Waals surface area (Å²) < 4.78 is 15.1. The molecule has 2 aliphatic heterocycles. The molecule has 1 N–H and O–H groups in total. The minimum atomic E-state index is -1.54. The maximum atomic E-state index is 15.1. The van der Waals surface area contributed by atoms with Gasteiger partial charge >= 0.3 is 6.03 Å². The van der Waals surface area contributed by atoms with E-state index in [9.17, 15) is 4.79 Å². The van der Waals surface area contributed by atoms with E-state index in [0.29, 0.717) is 33.6 Å². The number of urea groups is 1. The summed E-state index contributed by atoms with van der Waals surface area (Å²) in [5.74, 6) is 0. The first-order valence-electron chi connectivity index (χ1n) is 9.88. The number of benzene rings is 2. The largest absolute Gasteiger partial charge is 0.384 e. The van der Waals surface area contributed by atoms with Gasteiger partial charge < -0.3 is 15.1 Å². The Morgan fingerprint density at radius 2 is 1.77 bits per heavy atom. The number of rotatable bonds is 4. The summed E-state index contributed by atoms with van der Waals surface area (Å²) >= 11 is 18.4. The molecule has 31 heavy (non-hydrogen) atoms. The van der Waals surface area contributed by atoms with Crippen LogP contribution in [0.5, 0.6) is 0 Å². The zero-order valence-electron chi connectivity index (χ0n) is 17.0. The van der Waals surface area contributed by atoms with Crippen LogP contribution < -0.4 is 5.32 Å². The number of carbonyl (C=O) groups is 1. The Hall–Kier alpha value is -2.02. The molecule has 1 saturated heterocycles. The molecule has 0 bridgehead atoms. The second-order valence-corrected chi connectivity index (χ2v) is 9.22. The lowest BCUT2D eigenvalue weighted by Crippen LogP contribution is -2.61. The van der Waals surface area contributed by atoms with Gasteiger partial charge in [-0.25, -0.2) is 9.18 Å². The number of alkyl halides is 1. The molecule has 164 valence electrons. The van der Waals surface area contributed by atoms with Crippen LogP contribution in [-0.4, -0.2) is 36.3 Å². The normalized spacial score (nSPS) is 21.9. The number of amides is 2. The van der Waals surface area contributed by atoms with Gasteiger partial charge in [0.25, 0.3) is 0 Å². The molecule has 0 radical (unpaired) electrons. The van der Waals surface area contributed by atoms with Crippen LogP contribution in [0.1, 0.15) is 37.0 Å². The minimum Gasteiger partial charge on any atom is -0.384 e. The summed E-state index contributed by atoms with van der Waals surface area (Å²) in [5, 5.41) is 7.92. The second kappa shape index (κ2) is 8.15. The lowest BCUT2D eigenvalue weighted by atomic mass is 9.86. The summed E-state index contributed by atoms with van der Waals surface area (Å²) in [5.41, 5.74) is 0.598. The van der Waals surface area contributed by atoms with E-state index >= 15 is 4.39 Å². The van der Waals surface area contributed by atoms with Crippen LogP contribution in [0.4, 0.5) is 9.18 Å². The minimum absolute atomic E-state index is 0.0401. The van der Waals surface area contributed by atoms with Crippen molar-refractivity contribution in [1.82, 2.24) is 10.2 Å². The molecular formula is C22H21Cl3FN3O2. The Balaban J connectivity index is 1.46. The van der Waals surface area contributed by atoms with Crippen molar-refractivity contribution in [3.05, 3.63) is 68.2 Å². The van der Waals surface area contributed by atoms with Crippen LogP contribution in [0, 0.1) is 0 Å². The van der Waals surface area contributed by atoms with E-state index in [2.05, 4.69) is 10.5 Å². The zero-order chi connectivity index (χ0) is 22.4. The predicted octanol–water partition coefficient (Wildman–Crippen LogP) is 5.90. The van der Waals surface area contributed by atoms with Crippen molar-refractivity contribution in [2.24, 2.45) is 5.16 Å². The van der Waals surface area contributed by atoms with Gasteiger partial charge in [-0.15, -0.1) is 0 Å². The third kappa shape index (κ3) is 4.09. The van der Waals surface area contributed by atoms with E-state index in [4.69, 9.17) is 39.6 Å². The fraction of sp³-hybridized carbons (Fsp3) is 0.364. The van der Waals surface area contributed by atoms with E-state index in [1.807, 2.05) is 26.0 Å². The Morgan fingerprint density at radius 3 is 2.35 bits per heavy atom. The first-order chi connectivity index (χ1) is 14.6. The van der Waals surface area contributed by atoms with Crippen LogP contribution in [0.25, 0.3) is 0 Å². The molecule has 1 fully saturated rings. The highest BCUT2D eigenvalue weighted by Gasteiger charge is 2.47. The molecule has 2 amide bonds. The van der Waals surface area contributed by atoms with Gasteiger partial charge in [0.15, 0.2) is 11.3 Å². The molecule has 2 aliphatic rings. The van der Waals surface area contributed by atoms with Gasteiger partial charge in [0.1, 0.15) is 0 Å². The Bertz CT molecular complexity index is 1030. The molecule has 5 nitrogen and oxygen atoms in total. The van der Waals surface area contributed by atoms with Gasteiger partial charge in [-0.1, -0.05) is 64.2 Å². The molecule has 1 atom stereocenters. The van der Waals surface area contributed by atoms with Crippen molar-refractivity contribution < 1.29 is 14.0 Å². The van der Waals surface area contributed by atoms with E-state index in [1.165, 1.54) is 4.90 Å². The van der Waals surface area contributed by atoms with E-state index in [1.54, 1.807) is 24.3 Å². The van der Waals surface area contributed by atoms with Crippen molar-refractivity contribution in [3.63, 3.8) is 0 Å². The topological polar surface area (TPSA) is 53.9 Å². The van der Waals surface area contributed by atoms with Crippen LogP contribution in [-0.2, 0) is 16.1 Å². The van der Waals surface area contributed by atoms with Gasteiger partial charge in [0.05, 0.1) is 33.9 Å². The zero-order valence-corrected chi connectivity index (χ0v) is 19.3. The van der Waals surface area contributed by atoms with Crippen molar-refractivity contribution in [2.75, 3.05) is 19.6 Å². The smallest absolute Gasteiger partial charge is 0.317 e. The van der Waals surface area contributed by atoms with Gasteiger partial charge in [-0.3, -0.25) is 0 Å². The number of hydrogen-bond acceptors (Lipinski definition) is 3. The Morgan fingerprint density at radius 1 is 1.16 bits per heavy atom. The van der Waals surface area contributed by atoms with E-state index in [0.717, 1.165) is 16.8 Å². The molecule has 2 aromatic carbocycles. The van der Waals surface area contributed by atoms with Crippen LogP contribution in [0.2, 0.25) is 15.1 Å². The summed E-state index contributed by atoms with van der Waals surface area (Å²) in [6, 6.07) is 10.3. The summed E-state index contributed by atoms with van der Waals surface area (Å²) in [7, 11) is 0. The Kier molecular flexibility index (Phi) is 5.83. The number of oxime groups is 1. The highest BCUT2D eigenvalue weighted by Crippen LogP contribution is 2.41. The van der Waals surface area contributed by atoms with Crippen LogP contribution in [0.15, 0.2) is 41.6 Å². The number of hydrogen-bond donors (Lipinski definition) is 1. The van der Waals surface area contributed by atoms with E-state index < -0.39 is 11.3 Å². The summed E-state index contributed by atoms with van der Waals surface area (Å²) in [4.78, 5) is 19.0. The average Bonchev–Trinajstić information content (AvgIpc) is 3.13. The molecule has 2 aromatic rings. The van der Waals surface area contributed by atoms with Gasteiger partial charge in [-0.05, 0) is 37.1 Å². The number of carbonyl (C=O) groups excluding carboxylic acids is 1. The SMILES string of the molecule is CCNC(=O)N1CC(F)(c2ccc(C3=NOC(C)(c4cc(Cl)c(Cl)c(Cl)c4)C3)cc2)C1. The third-order valence-corrected chi connectivity index (χ3v) is 6.89. The first kappa shape index (κ1) is 22.2. The molecular weight excluding hydrogens is 464 g/mol. The molecule has 2 heterocycles.